The summed E-state index contributed by atoms with van der Waals surface area (Å²) in [6.45, 7) is 4.18. The molecule has 0 amide bonds. The average Bonchev–Trinajstić information content (AvgIpc) is 3.06. The molecule has 148 valence electrons. The number of aromatic nitrogens is 3. The molecule has 0 fully saturated rings. The third kappa shape index (κ3) is 2.93. The average molecular weight is 394 g/mol. The monoisotopic (exact) mass is 394 g/mol. The number of rotatable bonds is 2. The van der Waals surface area contributed by atoms with E-state index >= 15 is 0 Å². The van der Waals surface area contributed by atoms with Crippen LogP contribution < -0.4 is 5.63 Å². The van der Waals surface area contributed by atoms with Crippen LogP contribution in [0, 0.1) is 13.8 Å². The smallest absolute Gasteiger partial charge is 0.451 e. The van der Waals surface area contributed by atoms with Gasteiger partial charge >= 0.3 is 11.8 Å². The number of benzene rings is 1. The van der Waals surface area contributed by atoms with Crippen LogP contribution in [0.15, 0.2) is 21.3 Å². The molecule has 0 aliphatic carbocycles. The molecule has 0 unspecified atom stereocenters. The maximum absolute atomic E-state index is 13.0. The van der Waals surface area contributed by atoms with E-state index in [2.05, 4.69) is 10.2 Å². The molecule has 2 aromatic heterocycles. The van der Waals surface area contributed by atoms with Gasteiger partial charge in [0.25, 0.3) is 0 Å². The summed E-state index contributed by atoms with van der Waals surface area (Å²) in [5.74, 6) is -0.846. The second-order valence-electron chi connectivity index (χ2n) is 6.88. The van der Waals surface area contributed by atoms with E-state index < -0.39 is 17.6 Å². The number of aromatic hydroxyl groups is 1. The lowest BCUT2D eigenvalue weighted by Crippen LogP contribution is -2.35. The fourth-order valence-electron chi connectivity index (χ4n) is 3.48. The maximum atomic E-state index is 13.0. The van der Waals surface area contributed by atoms with Crippen molar-refractivity contribution in [2.45, 2.75) is 39.7 Å². The first-order valence-corrected chi connectivity index (χ1v) is 8.63. The van der Waals surface area contributed by atoms with Crippen molar-refractivity contribution in [3.8, 4) is 5.75 Å². The first-order chi connectivity index (χ1) is 13.2. The highest BCUT2D eigenvalue weighted by Gasteiger charge is 2.39. The molecule has 0 radical (unpaired) electrons. The fourth-order valence-corrected chi connectivity index (χ4v) is 3.48. The minimum Gasteiger partial charge on any atom is -0.507 e. The molecule has 0 saturated heterocycles. The quantitative estimate of drug-likeness (QED) is 0.673. The molecule has 1 N–H and O–H groups in total. The predicted octanol–water partition coefficient (Wildman–Crippen LogP) is 2.74. The van der Waals surface area contributed by atoms with Crippen LogP contribution in [0.5, 0.6) is 5.75 Å². The highest BCUT2D eigenvalue weighted by molar-refractivity contribution is 5.85. The van der Waals surface area contributed by atoms with Crippen LogP contribution >= 0.6 is 0 Å². The van der Waals surface area contributed by atoms with Crippen LogP contribution in [0.25, 0.3) is 11.0 Å². The van der Waals surface area contributed by atoms with Gasteiger partial charge in [-0.2, -0.15) is 13.2 Å². The summed E-state index contributed by atoms with van der Waals surface area (Å²) in [4.78, 5) is 13.9. The maximum Gasteiger partial charge on any atom is 0.451 e. The molecular formula is C18H17F3N4O3. The lowest BCUT2D eigenvalue weighted by Gasteiger charge is -2.28. The number of nitrogens with zero attached hydrogens (tertiary/aromatic N) is 4. The van der Waals surface area contributed by atoms with Gasteiger partial charge in [-0.3, -0.25) is 4.90 Å². The van der Waals surface area contributed by atoms with Gasteiger partial charge in [0.05, 0.1) is 12.1 Å². The largest absolute Gasteiger partial charge is 0.507 e. The molecule has 0 bridgehead atoms. The number of fused-ring (bicyclic) bond motifs is 2. The Morgan fingerprint density at radius 2 is 1.93 bits per heavy atom. The molecule has 0 saturated carbocycles. The van der Waals surface area contributed by atoms with E-state index in [0.29, 0.717) is 23.1 Å². The molecule has 7 nitrogen and oxygen atoms in total. The molecule has 10 heteroatoms. The van der Waals surface area contributed by atoms with Gasteiger partial charge in [0, 0.05) is 30.6 Å². The van der Waals surface area contributed by atoms with Crippen LogP contribution in [-0.4, -0.2) is 31.3 Å². The van der Waals surface area contributed by atoms with Gasteiger partial charge in [0.1, 0.15) is 17.2 Å². The van der Waals surface area contributed by atoms with Gasteiger partial charge in [-0.1, -0.05) is 0 Å². The van der Waals surface area contributed by atoms with Crippen molar-refractivity contribution in [1.82, 2.24) is 19.7 Å². The van der Waals surface area contributed by atoms with Crippen molar-refractivity contribution in [2.75, 3.05) is 6.54 Å². The standard InChI is InChI=1S/C18H17F3N4O3/c1-9-10(2)16(27)28-15-11(9)3-4-13(26)12(15)7-24-5-6-25-14(8-24)22-23-17(25)18(19,20)21/h3-4,26H,5-8H2,1-2H3. The minimum atomic E-state index is -4.56. The number of hydrogen-bond acceptors (Lipinski definition) is 6. The van der Waals surface area contributed by atoms with E-state index in [9.17, 15) is 23.1 Å². The Kier molecular flexibility index (Phi) is 4.18. The molecule has 3 aromatic rings. The molecule has 28 heavy (non-hydrogen) atoms. The zero-order chi connectivity index (χ0) is 20.2. The van der Waals surface area contributed by atoms with Crippen molar-refractivity contribution in [1.29, 1.82) is 0 Å². The van der Waals surface area contributed by atoms with E-state index in [1.54, 1.807) is 19.9 Å². The van der Waals surface area contributed by atoms with Crippen LogP contribution in [0.3, 0.4) is 0 Å². The third-order valence-electron chi connectivity index (χ3n) is 5.17. The van der Waals surface area contributed by atoms with Gasteiger partial charge in [0.15, 0.2) is 0 Å². The molecule has 3 heterocycles. The Morgan fingerprint density at radius 3 is 2.64 bits per heavy atom. The van der Waals surface area contributed by atoms with Crippen LogP contribution in [0.2, 0.25) is 0 Å². The molecule has 1 aliphatic rings. The Bertz CT molecular complexity index is 1130. The van der Waals surface area contributed by atoms with Crippen molar-refractivity contribution in [3.63, 3.8) is 0 Å². The zero-order valence-corrected chi connectivity index (χ0v) is 15.2. The summed E-state index contributed by atoms with van der Waals surface area (Å²) in [6.07, 6.45) is -4.56. The summed E-state index contributed by atoms with van der Waals surface area (Å²) >= 11 is 0. The van der Waals surface area contributed by atoms with E-state index in [4.69, 9.17) is 4.42 Å². The zero-order valence-electron chi connectivity index (χ0n) is 15.2. The molecule has 0 spiro atoms. The minimum absolute atomic E-state index is 0.0399. The summed E-state index contributed by atoms with van der Waals surface area (Å²) in [7, 11) is 0. The van der Waals surface area contributed by atoms with Crippen LogP contribution in [-0.2, 0) is 25.8 Å². The van der Waals surface area contributed by atoms with Crippen molar-refractivity contribution in [3.05, 3.63) is 50.9 Å². The molecule has 1 aromatic carbocycles. The van der Waals surface area contributed by atoms with Crippen LogP contribution in [0.1, 0.15) is 28.3 Å². The Hall–Kier alpha value is -2.88. The third-order valence-corrected chi connectivity index (χ3v) is 5.17. The predicted molar refractivity (Wildman–Crippen MR) is 92.8 cm³/mol. The normalized spacial score (nSPS) is 15.2. The highest BCUT2D eigenvalue weighted by Crippen LogP contribution is 2.32. The fraction of sp³-hybridized carbons (Fsp3) is 0.389. The topological polar surface area (TPSA) is 84.4 Å². The highest BCUT2D eigenvalue weighted by atomic mass is 19.4. The number of halogens is 3. The summed E-state index contributed by atoms with van der Waals surface area (Å²) in [5, 5.41) is 18.0. The van der Waals surface area contributed by atoms with Gasteiger partial charge in [-0.15, -0.1) is 10.2 Å². The number of phenolic OH excluding ortho intramolecular Hbond substituents is 1. The van der Waals surface area contributed by atoms with Crippen LogP contribution in [0.4, 0.5) is 13.2 Å². The Labute approximate surface area is 157 Å². The summed E-state index contributed by atoms with van der Waals surface area (Å²) in [5.41, 5.74) is 1.48. The van der Waals surface area contributed by atoms with E-state index in [-0.39, 0.29) is 36.8 Å². The first kappa shape index (κ1) is 18.5. The summed E-state index contributed by atoms with van der Waals surface area (Å²) < 4.78 is 45.4. The second-order valence-corrected chi connectivity index (χ2v) is 6.88. The molecular weight excluding hydrogens is 377 g/mol. The van der Waals surface area contributed by atoms with Gasteiger partial charge in [-0.25, -0.2) is 4.79 Å². The summed E-state index contributed by atoms with van der Waals surface area (Å²) in [6, 6.07) is 3.21. The van der Waals surface area contributed by atoms with Crippen molar-refractivity contribution >= 4 is 11.0 Å². The SMILES string of the molecule is Cc1c(C)c2ccc(O)c(CN3CCn4c(nnc4C(F)(F)F)C3)c2oc1=O. The molecule has 0 atom stereocenters. The lowest BCUT2D eigenvalue weighted by atomic mass is 10.0. The molecule has 4 rings (SSSR count). The van der Waals surface area contributed by atoms with E-state index in [1.165, 1.54) is 6.07 Å². The Morgan fingerprint density at radius 1 is 1.18 bits per heavy atom. The number of phenols is 1. The number of hydrogen-bond donors (Lipinski definition) is 1. The Balaban J connectivity index is 1.69. The molecule has 1 aliphatic heterocycles. The van der Waals surface area contributed by atoms with Crippen molar-refractivity contribution < 1.29 is 22.7 Å². The van der Waals surface area contributed by atoms with Crippen molar-refractivity contribution in [2.24, 2.45) is 0 Å². The van der Waals surface area contributed by atoms with Gasteiger partial charge < -0.3 is 14.1 Å². The number of aryl methyl sites for hydroxylation is 1. The van der Waals surface area contributed by atoms with E-state index in [0.717, 1.165) is 10.1 Å². The first-order valence-electron chi connectivity index (χ1n) is 8.63. The van der Waals surface area contributed by atoms with Gasteiger partial charge in [-0.05, 0) is 31.5 Å². The lowest BCUT2D eigenvalue weighted by molar-refractivity contribution is -0.148. The van der Waals surface area contributed by atoms with Gasteiger partial charge in [0.2, 0.25) is 5.82 Å². The number of alkyl halides is 3. The second kappa shape index (κ2) is 6.33. The van der Waals surface area contributed by atoms with E-state index in [1.807, 2.05) is 4.90 Å².